The van der Waals surface area contributed by atoms with Crippen LogP contribution in [0.1, 0.15) is 0 Å². The van der Waals surface area contributed by atoms with Crippen molar-refractivity contribution in [3.05, 3.63) is 77.3 Å². The van der Waals surface area contributed by atoms with Crippen LogP contribution < -0.4 is 0 Å². The molecule has 1 aromatic heterocycles. The molecule has 0 radical (unpaired) electrons. The van der Waals surface area contributed by atoms with Gasteiger partial charge < -0.3 is 0 Å². The van der Waals surface area contributed by atoms with Crippen LogP contribution in [0.4, 0.5) is 0 Å². The first-order valence-corrected chi connectivity index (χ1v) is 9.37. The van der Waals surface area contributed by atoms with Gasteiger partial charge in [-0.1, -0.05) is 64.1 Å². The van der Waals surface area contributed by atoms with E-state index in [1.807, 2.05) is 17.8 Å². The predicted octanol–water partition coefficient (Wildman–Crippen LogP) is 6.80. The second-order valence-electron chi connectivity index (χ2n) is 5.81. The van der Waals surface area contributed by atoms with E-state index in [1.54, 1.807) is 0 Å². The number of hydrogen-bond acceptors (Lipinski definition) is 2. The average molecular weight is 390 g/mol. The summed E-state index contributed by atoms with van der Waals surface area (Å²) in [6.07, 6.45) is 0. The van der Waals surface area contributed by atoms with Crippen molar-refractivity contribution in [1.29, 1.82) is 0 Å². The molecule has 0 amide bonds. The zero-order valence-electron chi connectivity index (χ0n) is 12.7. The van der Waals surface area contributed by atoms with Crippen LogP contribution in [-0.2, 0) is 0 Å². The molecule has 0 bridgehead atoms. The summed E-state index contributed by atoms with van der Waals surface area (Å²) in [7, 11) is 0. The molecule has 0 saturated heterocycles. The van der Waals surface area contributed by atoms with Crippen LogP contribution in [0, 0.1) is 0 Å². The molecule has 114 valence electrons. The van der Waals surface area contributed by atoms with E-state index in [1.165, 1.54) is 26.3 Å². The minimum Gasteiger partial charge on any atom is -0.248 e. The summed E-state index contributed by atoms with van der Waals surface area (Å²) in [5, 5.41) is 1.26. The fourth-order valence-electron chi connectivity index (χ4n) is 3.24. The molecule has 2 heterocycles. The number of halogens is 1. The summed E-state index contributed by atoms with van der Waals surface area (Å²) in [6.45, 7) is 0. The van der Waals surface area contributed by atoms with Crippen molar-refractivity contribution in [3.8, 4) is 22.4 Å². The first-order valence-electron chi connectivity index (χ1n) is 7.76. The molecule has 4 aromatic rings. The number of aromatic nitrogens is 1. The van der Waals surface area contributed by atoms with E-state index >= 15 is 0 Å². The van der Waals surface area contributed by atoms with Crippen molar-refractivity contribution < 1.29 is 0 Å². The standard InChI is InChI=1S/C21H12BrNS/c22-14-6-3-5-13(11-14)18-12-16-15-7-1-2-9-19(15)24-20-10-4-8-17(23-18)21(16)20/h1-12H. The van der Waals surface area contributed by atoms with Gasteiger partial charge in [0.15, 0.2) is 0 Å². The lowest BCUT2D eigenvalue weighted by Gasteiger charge is -2.20. The summed E-state index contributed by atoms with van der Waals surface area (Å²) in [4.78, 5) is 7.52. The van der Waals surface area contributed by atoms with Crippen LogP contribution in [0.5, 0.6) is 0 Å². The SMILES string of the molecule is Brc1cccc(-c2cc3c4c(cccc4n2)Sc2ccccc2-3)c1. The Morgan fingerprint density at radius 1 is 0.750 bits per heavy atom. The van der Waals surface area contributed by atoms with Crippen LogP contribution in [0.15, 0.2) is 87.1 Å². The van der Waals surface area contributed by atoms with Gasteiger partial charge in [-0.2, -0.15) is 0 Å². The highest BCUT2D eigenvalue weighted by molar-refractivity contribution is 9.10. The monoisotopic (exact) mass is 389 g/mol. The zero-order valence-corrected chi connectivity index (χ0v) is 15.1. The molecule has 0 aliphatic carbocycles. The molecule has 0 N–H and O–H groups in total. The summed E-state index contributed by atoms with van der Waals surface area (Å²) in [6, 6.07) is 25.6. The minimum absolute atomic E-state index is 1.01. The van der Waals surface area contributed by atoms with Crippen LogP contribution in [-0.4, -0.2) is 4.98 Å². The molecule has 0 atom stereocenters. The molecule has 1 nitrogen and oxygen atoms in total. The van der Waals surface area contributed by atoms with Gasteiger partial charge >= 0.3 is 0 Å². The van der Waals surface area contributed by atoms with E-state index in [9.17, 15) is 0 Å². The van der Waals surface area contributed by atoms with Crippen molar-refractivity contribution in [2.24, 2.45) is 0 Å². The predicted molar refractivity (Wildman–Crippen MR) is 104 cm³/mol. The molecular formula is C21H12BrNS. The number of rotatable bonds is 1. The number of fused-ring (bicyclic) bond motifs is 2. The van der Waals surface area contributed by atoms with E-state index in [4.69, 9.17) is 4.98 Å². The Morgan fingerprint density at radius 2 is 1.58 bits per heavy atom. The Balaban J connectivity index is 1.87. The Bertz CT molecular complexity index is 1100. The van der Waals surface area contributed by atoms with Crippen LogP contribution in [0.3, 0.4) is 0 Å². The van der Waals surface area contributed by atoms with Crippen molar-refractivity contribution in [2.45, 2.75) is 9.79 Å². The summed E-state index contributed by atoms with van der Waals surface area (Å²) < 4.78 is 1.07. The third-order valence-corrected chi connectivity index (χ3v) is 5.94. The highest BCUT2D eigenvalue weighted by Crippen LogP contribution is 2.48. The van der Waals surface area contributed by atoms with Gasteiger partial charge in [-0.25, -0.2) is 4.98 Å². The lowest BCUT2D eigenvalue weighted by molar-refractivity contribution is 1.34. The summed E-state index contributed by atoms with van der Waals surface area (Å²) in [5.41, 5.74) is 5.77. The second kappa shape index (κ2) is 5.47. The molecule has 3 aromatic carbocycles. The van der Waals surface area contributed by atoms with E-state index in [-0.39, 0.29) is 0 Å². The van der Waals surface area contributed by atoms with E-state index in [2.05, 4.69) is 82.7 Å². The van der Waals surface area contributed by atoms with Crippen molar-refractivity contribution >= 4 is 38.6 Å². The maximum Gasteiger partial charge on any atom is 0.0727 e. The largest absolute Gasteiger partial charge is 0.248 e. The molecule has 5 rings (SSSR count). The molecule has 3 heteroatoms. The normalized spacial score (nSPS) is 12.2. The number of benzene rings is 3. The minimum atomic E-state index is 1.01. The topological polar surface area (TPSA) is 12.9 Å². The van der Waals surface area contributed by atoms with Gasteiger partial charge in [-0.3, -0.25) is 0 Å². The van der Waals surface area contributed by atoms with E-state index < -0.39 is 0 Å². The zero-order chi connectivity index (χ0) is 16.1. The van der Waals surface area contributed by atoms with Gasteiger partial charge in [-0.15, -0.1) is 0 Å². The lowest BCUT2D eigenvalue weighted by Crippen LogP contribution is -1.96. The molecule has 0 saturated carbocycles. The molecule has 1 aliphatic heterocycles. The first kappa shape index (κ1) is 14.3. The highest BCUT2D eigenvalue weighted by Gasteiger charge is 2.20. The maximum atomic E-state index is 4.93. The smallest absolute Gasteiger partial charge is 0.0727 e. The number of nitrogens with zero attached hydrogens (tertiary/aromatic N) is 1. The van der Waals surface area contributed by atoms with Crippen LogP contribution >= 0.6 is 27.7 Å². The maximum absolute atomic E-state index is 4.93. The number of hydrogen-bond donors (Lipinski definition) is 0. The van der Waals surface area contributed by atoms with Gasteiger partial charge in [-0.05, 0) is 47.5 Å². The van der Waals surface area contributed by atoms with Gasteiger partial charge in [0.2, 0.25) is 0 Å². The third kappa shape index (κ3) is 2.20. The molecule has 0 unspecified atom stereocenters. The molecule has 0 spiro atoms. The Kier molecular flexibility index (Phi) is 3.25. The first-order chi connectivity index (χ1) is 11.8. The number of pyridine rings is 1. The van der Waals surface area contributed by atoms with Crippen LogP contribution in [0.25, 0.3) is 33.3 Å². The summed E-state index contributed by atoms with van der Waals surface area (Å²) in [5.74, 6) is 0. The fraction of sp³-hybridized carbons (Fsp3) is 0. The van der Waals surface area contributed by atoms with Gasteiger partial charge in [0.25, 0.3) is 0 Å². The Hall–Kier alpha value is -2.10. The average Bonchev–Trinajstić information content (AvgIpc) is 2.62. The molecular weight excluding hydrogens is 378 g/mol. The molecule has 24 heavy (non-hydrogen) atoms. The van der Waals surface area contributed by atoms with Gasteiger partial charge in [0.1, 0.15) is 0 Å². The molecule has 0 fully saturated rings. The summed E-state index contributed by atoms with van der Waals surface area (Å²) >= 11 is 5.39. The Morgan fingerprint density at radius 3 is 2.50 bits per heavy atom. The quantitative estimate of drug-likeness (QED) is 0.312. The van der Waals surface area contributed by atoms with E-state index in [0.29, 0.717) is 0 Å². The van der Waals surface area contributed by atoms with Crippen molar-refractivity contribution in [1.82, 2.24) is 4.98 Å². The van der Waals surface area contributed by atoms with Crippen LogP contribution in [0.2, 0.25) is 0 Å². The van der Waals surface area contributed by atoms with Crippen molar-refractivity contribution in [2.75, 3.05) is 0 Å². The molecule has 1 aliphatic rings. The lowest BCUT2D eigenvalue weighted by atomic mass is 9.98. The highest BCUT2D eigenvalue weighted by atomic mass is 79.9. The van der Waals surface area contributed by atoms with Gasteiger partial charge in [0.05, 0.1) is 11.2 Å². The second-order valence-corrected chi connectivity index (χ2v) is 7.81. The third-order valence-electron chi connectivity index (χ3n) is 4.31. The fourth-order valence-corrected chi connectivity index (χ4v) is 4.78. The van der Waals surface area contributed by atoms with E-state index in [0.717, 1.165) is 21.2 Å². The van der Waals surface area contributed by atoms with Crippen molar-refractivity contribution in [3.63, 3.8) is 0 Å². The van der Waals surface area contributed by atoms with Gasteiger partial charge in [0, 0.05) is 25.2 Å². The Labute approximate surface area is 152 Å².